The Kier molecular flexibility index (Phi) is 6.90. The van der Waals surface area contributed by atoms with Gasteiger partial charge in [0, 0.05) is 24.8 Å². The third kappa shape index (κ3) is 5.40. The van der Waals surface area contributed by atoms with Crippen LogP contribution in [0.25, 0.3) is 0 Å². The van der Waals surface area contributed by atoms with Crippen LogP contribution in [-0.2, 0) is 4.79 Å². The van der Waals surface area contributed by atoms with Crippen LogP contribution in [0, 0.1) is 12.3 Å². The topological polar surface area (TPSA) is 58.4 Å². The Labute approximate surface area is 146 Å². The Balaban J connectivity index is 0.00000264. The highest BCUT2D eigenvalue weighted by Gasteiger charge is 2.32. The maximum absolute atomic E-state index is 12.4. The van der Waals surface area contributed by atoms with Crippen molar-refractivity contribution in [2.24, 2.45) is 11.1 Å². The number of aryl methyl sites for hydroxylation is 1. The molecule has 4 nitrogen and oxygen atoms in total. The fourth-order valence-electron chi connectivity index (χ4n) is 2.70. The average molecular weight is 340 g/mol. The number of likely N-dealkylation sites (tertiary alicyclic amines) is 1. The highest BCUT2D eigenvalue weighted by atomic mass is 35.5. The molecule has 1 aliphatic rings. The molecule has 5 heteroatoms. The molecule has 1 saturated heterocycles. The molecule has 1 amide bonds. The predicted molar refractivity (Wildman–Crippen MR) is 99.1 cm³/mol. The summed E-state index contributed by atoms with van der Waals surface area (Å²) < 4.78 is 0. The zero-order chi connectivity index (χ0) is 16.3. The Bertz CT molecular complexity index is 502. The van der Waals surface area contributed by atoms with E-state index in [1.165, 1.54) is 5.56 Å². The van der Waals surface area contributed by atoms with E-state index in [0.717, 1.165) is 31.6 Å². The Morgan fingerprint density at radius 3 is 2.22 bits per heavy atom. The molecule has 0 aromatic heterocycles. The average Bonchev–Trinajstić information content (AvgIpc) is 2.48. The van der Waals surface area contributed by atoms with E-state index in [0.29, 0.717) is 6.04 Å². The van der Waals surface area contributed by atoms with E-state index in [4.69, 9.17) is 5.73 Å². The molecule has 0 radical (unpaired) electrons. The fraction of sp³-hybridized carbons (Fsp3) is 0.611. The van der Waals surface area contributed by atoms with Gasteiger partial charge in [-0.3, -0.25) is 4.79 Å². The van der Waals surface area contributed by atoms with Crippen LogP contribution in [0.3, 0.4) is 0 Å². The second kappa shape index (κ2) is 8.02. The number of hydrogen-bond donors (Lipinski definition) is 2. The molecular weight excluding hydrogens is 310 g/mol. The minimum atomic E-state index is -0.422. The molecule has 0 spiro atoms. The first-order chi connectivity index (χ1) is 10.3. The zero-order valence-electron chi connectivity index (χ0n) is 14.6. The summed E-state index contributed by atoms with van der Waals surface area (Å²) in [5.74, 6) is 0.0845. The summed E-state index contributed by atoms with van der Waals surface area (Å²) in [6, 6.07) is 8.46. The number of piperidine rings is 1. The lowest BCUT2D eigenvalue weighted by atomic mass is 9.86. The summed E-state index contributed by atoms with van der Waals surface area (Å²) in [6.07, 6.45) is 1.94. The maximum atomic E-state index is 12.4. The molecule has 1 aliphatic heterocycles. The summed E-state index contributed by atoms with van der Waals surface area (Å²) in [7, 11) is 0. The van der Waals surface area contributed by atoms with Gasteiger partial charge in [0.2, 0.25) is 5.91 Å². The standard InChI is InChI=1S/C18H29N3O.ClH/c1-13-5-7-14(8-6-13)20-15-9-11-21(12-10-15)17(22)16(19)18(2,3)4;/h5-8,15-16,20H,9-12,19H2,1-4H3;1H/t16-;/m1./s1. The zero-order valence-corrected chi connectivity index (χ0v) is 15.5. The van der Waals surface area contributed by atoms with E-state index in [9.17, 15) is 4.79 Å². The van der Waals surface area contributed by atoms with Crippen molar-refractivity contribution in [1.82, 2.24) is 4.90 Å². The van der Waals surface area contributed by atoms with Gasteiger partial charge < -0.3 is 16.0 Å². The number of nitrogens with two attached hydrogens (primary N) is 1. The first kappa shape index (κ1) is 19.8. The number of nitrogens with zero attached hydrogens (tertiary/aromatic N) is 1. The van der Waals surface area contributed by atoms with Crippen molar-refractivity contribution in [2.75, 3.05) is 18.4 Å². The molecule has 0 bridgehead atoms. The number of rotatable bonds is 3. The molecule has 23 heavy (non-hydrogen) atoms. The van der Waals surface area contributed by atoms with Gasteiger partial charge in [-0.25, -0.2) is 0 Å². The first-order valence-corrected chi connectivity index (χ1v) is 8.15. The monoisotopic (exact) mass is 339 g/mol. The summed E-state index contributed by atoms with van der Waals surface area (Å²) in [4.78, 5) is 14.3. The lowest BCUT2D eigenvalue weighted by Crippen LogP contribution is -2.53. The maximum Gasteiger partial charge on any atom is 0.240 e. The lowest BCUT2D eigenvalue weighted by molar-refractivity contribution is -0.135. The van der Waals surface area contributed by atoms with Gasteiger partial charge in [0.05, 0.1) is 6.04 Å². The Morgan fingerprint density at radius 1 is 1.22 bits per heavy atom. The number of hydrogen-bond acceptors (Lipinski definition) is 3. The molecule has 130 valence electrons. The van der Waals surface area contributed by atoms with Gasteiger partial charge in [0.1, 0.15) is 0 Å². The predicted octanol–water partition coefficient (Wildman–Crippen LogP) is 3.19. The van der Waals surface area contributed by atoms with Gasteiger partial charge in [-0.15, -0.1) is 12.4 Å². The van der Waals surface area contributed by atoms with Crippen LogP contribution in [0.5, 0.6) is 0 Å². The van der Waals surface area contributed by atoms with Crippen molar-refractivity contribution >= 4 is 24.0 Å². The Morgan fingerprint density at radius 2 is 1.74 bits per heavy atom. The molecule has 3 N–H and O–H groups in total. The van der Waals surface area contributed by atoms with Crippen molar-refractivity contribution in [3.8, 4) is 0 Å². The Hall–Kier alpha value is -1.26. The van der Waals surface area contributed by atoms with Crippen molar-refractivity contribution in [1.29, 1.82) is 0 Å². The quantitative estimate of drug-likeness (QED) is 0.889. The van der Waals surface area contributed by atoms with E-state index >= 15 is 0 Å². The number of benzene rings is 1. The van der Waals surface area contributed by atoms with Crippen LogP contribution in [0.2, 0.25) is 0 Å². The van der Waals surface area contributed by atoms with Crippen molar-refractivity contribution in [3.63, 3.8) is 0 Å². The smallest absolute Gasteiger partial charge is 0.240 e. The highest BCUT2D eigenvalue weighted by molar-refractivity contribution is 5.85. The van der Waals surface area contributed by atoms with Gasteiger partial charge in [-0.1, -0.05) is 38.5 Å². The van der Waals surface area contributed by atoms with Gasteiger partial charge >= 0.3 is 0 Å². The van der Waals surface area contributed by atoms with Crippen LogP contribution in [0.15, 0.2) is 24.3 Å². The summed E-state index contributed by atoms with van der Waals surface area (Å²) in [5, 5.41) is 3.56. The van der Waals surface area contributed by atoms with Crippen LogP contribution in [0.4, 0.5) is 5.69 Å². The molecule has 1 aromatic rings. The highest BCUT2D eigenvalue weighted by Crippen LogP contribution is 2.22. The second-order valence-electron chi connectivity index (χ2n) is 7.45. The molecule has 0 aliphatic carbocycles. The third-order valence-corrected chi connectivity index (χ3v) is 4.43. The van der Waals surface area contributed by atoms with Gasteiger partial charge in [0.25, 0.3) is 0 Å². The van der Waals surface area contributed by atoms with Gasteiger partial charge in [-0.2, -0.15) is 0 Å². The van der Waals surface area contributed by atoms with Crippen LogP contribution < -0.4 is 11.1 Å². The van der Waals surface area contributed by atoms with Crippen molar-refractivity contribution in [2.45, 2.75) is 52.6 Å². The SMILES string of the molecule is Cc1ccc(NC2CCN(C(=O)[C@@H](N)C(C)(C)C)CC2)cc1.Cl. The number of carbonyl (C=O) groups is 1. The van der Waals surface area contributed by atoms with E-state index in [1.807, 2.05) is 25.7 Å². The number of halogens is 1. The second-order valence-corrected chi connectivity index (χ2v) is 7.45. The van der Waals surface area contributed by atoms with E-state index in [2.05, 4.69) is 36.5 Å². The number of amides is 1. The fourth-order valence-corrected chi connectivity index (χ4v) is 2.70. The molecule has 1 atom stereocenters. The molecule has 1 heterocycles. The molecule has 0 saturated carbocycles. The third-order valence-electron chi connectivity index (χ3n) is 4.43. The number of anilines is 1. The summed E-state index contributed by atoms with van der Waals surface area (Å²) in [6.45, 7) is 9.70. The van der Waals surface area contributed by atoms with Crippen molar-refractivity contribution < 1.29 is 4.79 Å². The number of nitrogens with one attached hydrogen (secondary N) is 1. The molecular formula is C18H30ClN3O. The number of carbonyl (C=O) groups excluding carboxylic acids is 1. The summed E-state index contributed by atoms with van der Waals surface area (Å²) in [5.41, 5.74) is 8.32. The van der Waals surface area contributed by atoms with Crippen LogP contribution in [0.1, 0.15) is 39.2 Å². The van der Waals surface area contributed by atoms with Gasteiger partial charge in [0.15, 0.2) is 0 Å². The largest absolute Gasteiger partial charge is 0.382 e. The molecule has 1 fully saturated rings. The van der Waals surface area contributed by atoms with E-state index < -0.39 is 6.04 Å². The first-order valence-electron chi connectivity index (χ1n) is 8.15. The van der Waals surface area contributed by atoms with E-state index in [1.54, 1.807) is 0 Å². The minimum Gasteiger partial charge on any atom is -0.382 e. The van der Waals surface area contributed by atoms with E-state index in [-0.39, 0.29) is 23.7 Å². The lowest BCUT2D eigenvalue weighted by Gasteiger charge is -2.37. The molecule has 2 rings (SSSR count). The molecule has 0 unspecified atom stereocenters. The normalized spacial score (nSPS) is 17.3. The van der Waals surface area contributed by atoms with Crippen molar-refractivity contribution in [3.05, 3.63) is 29.8 Å². The summed E-state index contributed by atoms with van der Waals surface area (Å²) >= 11 is 0. The van der Waals surface area contributed by atoms with Crippen LogP contribution in [-0.4, -0.2) is 36.0 Å². The molecule has 1 aromatic carbocycles. The van der Waals surface area contributed by atoms with Crippen LogP contribution >= 0.6 is 12.4 Å². The van der Waals surface area contributed by atoms with Gasteiger partial charge in [-0.05, 0) is 37.3 Å². The minimum absolute atomic E-state index is 0.